The molecule has 0 heterocycles. The van der Waals surface area contributed by atoms with Crippen LogP contribution in [0.3, 0.4) is 0 Å². The maximum Gasteiger partial charge on any atom is 0.331 e. The van der Waals surface area contributed by atoms with E-state index in [9.17, 15) is 13.6 Å². The zero-order valence-electron chi connectivity index (χ0n) is 7.42. The highest BCUT2D eigenvalue weighted by molar-refractivity contribution is 5.91. The number of halogens is 2. The van der Waals surface area contributed by atoms with E-state index >= 15 is 0 Å². The predicted molar refractivity (Wildman–Crippen MR) is 47.6 cm³/mol. The predicted octanol–water partition coefficient (Wildman–Crippen LogP) is 2.45. The average molecular weight is 198 g/mol. The van der Waals surface area contributed by atoms with Gasteiger partial charge in [-0.25, -0.2) is 13.6 Å². The van der Waals surface area contributed by atoms with Crippen molar-refractivity contribution in [1.29, 1.82) is 0 Å². The summed E-state index contributed by atoms with van der Waals surface area (Å²) in [6.07, 6.45) is 1.20. The lowest BCUT2D eigenvalue weighted by Crippen LogP contribution is -1.95. The first-order chi connectivity index (χ1) is 6.49. The SMILES string of the molecule is C/C(=C/c1cc(F)cc(F)c1)C(=O)O. The van der Waals surface area contributed by atoms with E-state index in [4.69, 9.17) is 5.11 Å². The highest BCUT2D eigenvalue weighted by Gasteiger charge is 2.02. The van der Waals surface area contributed by atoms with Gasteiger partial charge >= 0.3 is 5.97 Å². The molecule has 0 saturated heterocycles. The zero-order valence-corrected chi connectivity index (χ0v) is 7.42. The summed E-state index contributed by atoms with van der Waals surface area (Å²) < 4.78 is 25.3. The highest BCUT2D eigenvalue weighted by Crippen LogP contribution is 2.11. The quantitative estimate of drug-likeness (QED) is 0.741. The molecule has 1 aromatic carbocycles. The van der Waals surface area contributed by atoms with Crippen LogP contribution in [0.2, 0.25) is 0 Å². The molecule has 74 valence electrons. The molecule has 1 rings (SSSR count). The second kappa shape index (κ2) is 4.00. The van der Waals surface area contributed by atoms with Crippen molar-refractivity contribution in [3.8, 4) is 0 Å². The van der Waals surface area contributed by atoms with E-state index in [1.54, 1.807) is 0 Å². The Balaban J connectivity index is 3.08. The molecule has 0 aliphatic rings. The third kappa shape index (κ3) is 2.65. The third-order valence-corrected chi connectivity index (χ3v) is 1.61. The van der Waals surface area contributed by atoms with Gasteiger partial charge in [-0.15, -0.1) is 0 Å². The lowest BCUT2D eigenvalue weighted by molar-refractivity contribution is -0.132. The smallest absolute Gasteiger partial charge is 0.331 e. The first-order valence-electron chi connectivity index (χ1n) is 3.87. The lowest BCUT2D eigenvalue weighted by atomic mass is 10.1. The van der Waals surface area contributed by atoms with Gasteiger partial charge in [-0.2, -0.15) is 0 Å². The van der Waals surface area contributed by atoms with Gasteiger partial charge in [-0.3, -0.25) is 0 Å². The number of aliphatic carboxylic acids is 1. The molecule has 0 aromatic heterocycles. The lowest BCUT2D eigenvalue weighted by Gasteiger charge is -1.97. The normalized spacial score (nSPS) is 11.5. The molecule has 0 amide bonds. The Bertz CT molecular complexity index is 377. The van der Waals surface area contributed by atoms with Crippen molar-refractivity contribution in [2.24, 2.45) is 0 Å². The molecule has 0 radical (unpaired) electrons. The van der Waals surface area contributed by atoms with Crippen molar-refractivity contribution < 1.29 is 18.7 Å². The van der Waals surface area contributed by atoms with Gasteiger partial charge in [0.2, 0.25) is 0 Å². The maximum atomic E-state index is 12.7. The van der Waals surface area contributed by atoms with Gasteiger partial charge in [0.1, 0.15) is 11.6 Å². The number of carbonyl (C=O) groups is 1. The molecule has 0 atom stereocenters. The Kier molecular flexibility index (Phi) is 2.96. The molecule has 0 aliphatic heterocycles. The molecule has 0 bridgehead atoms. The number of benzene rings is 1. The summed E-state index contributed by atoms with van der Waals surface area (Å²) >= 11 is 0. The molecule has 4 heteroatoms. The fraction of sp³-hybridized carbons (Fsp3) is 0.100. The fourth-order valence-electron chi connectivity index (χ4n) is 0.970. The molecule has 1 aromatic rings. The van der Waals surface area contributed by atoms with Crippen LogP contribution in [-0.4, -0.2) is 11.1 Å². The summed E-state index contributed by atoms with van der Waals surface area (Å²) in [6, 6.07) is 2.86. The van der Waals surface area contributed by atoms with Crippen LogP contribution in [0.5, 0.6) is 0 Å². The van der Waals surface area contributed by atoms with E-state index in [1.165, 1.54) is 13.0 Å². The molecule has 0 fully saturated rings. The van der Waals surface area contributed by atoms with Crippen LogP contribution < -0.4 is 0 Å². The summed E-state index contributed by atoms with van der Waals surface area (Å²) in [5.41, 5.74) is 0.220. The zero-order chi connectivity index (χ0) is 10.7. The standard InChI is InChI=1S/C10H8F2O2/c1-6(10(13)14)2-7-3-8(11)5-9(12)4-7/h2-5H,1H3,(H,13,14)/b6-2-. The molecular weight excluding hydrogens is 190 g/mol. The Hall–Kier alpha value is -1.71. The summed E-state index contributed by atoms with van der Waals surface area (Å²) in [6.45, 7) is 1.35. The van der Waals surface area contributed by atoms with Crippen LogP contribution >= 0.6 is 0 Å². The summed E-state index contributed by atoms with van der Waals surface area (Å²) in [7, 11) is 0. The van der Waals surface area contributed by atoms with Gasteiger partial charge in [-0.1, -0.05) is 0 Å². The van der Waals surface area contributed by atoms with E-state index in [2.05, 4.69) is 0 Å². The van der Waals surface area contributed by atoms with Gasteiger partial charge < -0.3 is 5.11 Å². The molecule has 1 N–H and O–H groups in total. The maximum absolute atomic E-state index is 12.7. The van der Waals surface area contributed by atoms with Gasteiger partial charge in [0.15, 0.2) is 0 Å². The van der Waals surface area contributed by atoms with Crippen molar-refractivity contribution in [2.75, 3.05) is 0 Å². The van der Waals surface area contributed by atoms with Crippen LogP contribution in [0.1, 0.15) is 12.5 Å². The minimum absolute atomic E-state index is 0.0231. The van der Waals surface area contributed by atoms with E-state index < -0.39 is 17.6 Å². The Morgan fingerprint density at radius 2 is 1.79 bits per heavy atom. The van der Waals surface area contributed by atoms with Crippen molar-refractivity contribution in [1.82, 2.24) is 0 Å². The van der Waals surface area contributed by atoms with Gasteiger partial charge in [0.05, 0.1) is 0 Å². The molecule has 0 saturated carbocycles. The number of rotatable bonds is 2. The van der Waals surface area contributed by atoms with Crippen molar-refractivity contribution in [3.05, 3.63) is 41.0 Å². The molecule has 14 heavy (non-hydrogen) atoms. The minimum Gasteiger partial charge on any atom is -0.478 e. The van der Waals surface area contributed by atoms with E-state index in [0.29, 0.717) is 0 Å². The minimum atomic E-state index is -1.12. The average Bonchev–Trinajstić information content (AvgIpc) is 2.01. The topological polar surface area (TPSA) is 37.3 Å². The van der Waals surface area contributed by atoms with Gasteiger partial charge in [0.25, 0.3) is 0 Å². The Labute approximate surface area is 79.5 Å². The summed E-state index contributed by atoms with van der Waals surface area (Å²) in [5.74, 6) is -2.57. The van der Waals surface area contributed by atoms with Crippen LogP contribution in [-0.2, 0) is 4.79 Å². The first kappa shape index (κ1) is 10.4. The summed E-state index contributed by atoms with van der Waals surface area (Å²) in [4.78, 5) is 10.4. The van der Waals surface area contributed by atoms with Crippen molar-refractivity contribution in [3.63, 3.8) is 0 Å². The van der Waals surface area contributed by atoms with E-state index in [0.717, 1.165) is 18.2 Å². The molecule has 0 spiro atoms. The van der Waals surface area contributed by atoms with Crippen molar-refractivity contribution in [2.45, 2.75) is 6.92 Å². The monoisotopic (exact) mass is 198 g/mol. The highest BCUT2D eigenvalue weighted by atomic mass is 19.1. The van der Waals surface area contributed by atoms with Gasteiger partial charge in [-0.05, 0) is 30.7 Å². The fourth-order valence-corrected chi connectivity index (χ4v) is 0.970. The van der Waals surface area contributed by atoms with E-state index in [-0.39, 0.29) is 11.1 Å². The number of hydrogen-bond acceptors (Lipinski definition) is 1. The number of carboxylic acid groups (broad SMARTS) is 1. The van der Waals surface area contributed by atoms with Gasteiger partial charge in [0, 0.05) is 11.6 Å². The molecule has 0 aliphatic carbocycles. The van der Waals surface area contributed by atoms with Crippen LogP contribution in [0.15, 0.2) is 23.8 Å². The second-order valence-corrected chi connectivity index (χ2v) is 2.84. The summed E-state index contributed by atoms with van der Waals surface area (Å²) in [5, 5.41) is 8.53. The number of carboxylic acids is 1. The number of hydrogen-bond donors (Lipinski definition) is 1. The molecular formula is C10H8F2O2. The largest absolute Gasteiger partial charge is 0.478 e. The molecule has 2 nitrogen and oxygen atoms in total. The van der Waals surface area contributed by atoms with Crippen molar-refractivity contribution >= 4 is 12.0 Å². The second-order valence-electron chi connectivity index (χ2n) is 2.84. The van der Waals surface area contributed by atoms with Crippen LogP contribution in [0.25, 0.3) is 6.08 Å². The van der Waals surface area contributed by atoms with Crippen LogP contribution in [0.4, 0.5) is 8.78 Å². The Morgan fingerprint density at radius 3 is 2.21 bits per heavy atom. The first-order valence-corrected chi connectivity index (χ1v) is 3.87. The molecule has 0 unspecified atom stereocenters. The van der Waals surface area contributed by atoms with Crippen LogP contribution in [0, 0.1) is 11.6 Å². The van der Waals surface area contributed by atoms with E-state index in [1.807, 2.05) is 0 Å². The Morgan fingerprint density at radius 1 is 1.29 bits per heavy atom. The third-order valence-electron chi connectivity index (χ3n) is 1.61.